The van der Waals surface area contributed by atoms with Crippen LogP contribution >= 0.6 is 0 Å². The zero-order valence-corrected chi connectivity index (χ0v) is 12.6. The lowest BCUT2D eigenvalue weighted by Crippen LogP contribution is -2.42. The lowest BCUT2D eigenvalue weighted by Gasteiger charge is -2.34. The highest BCUT2D eigenvalue weighted by atomic mass is 15.2. The van der Waals surface area contributed by atoms with Gasteiger partial charge < -0.3 is 10.2 Å². The van der Waals surface area contributed by atoms with Crippen LogP contribution in [-0.2, 0) is 0 Å². The van der Waals surface area contributed by atoms with E-state index < -0.39 is 0 Å². The molecule has 106 valence electrons. The Morgan fingerprint density at radius 2 is 2.21 bits per heavy atom. The van der Waals surface area contributed by atoms with Crippen molar-refractivity contribution < 1.29 is 0 Å². The maximum Gasteiger partial charge on any atom is 0.150 e. The Bertz CT molecular complexity index is 411. The first-order chi connectivity index (χ1) is 9.08. The van der Waals surface area contributed by atoms with Crippen LogP contribution in [-0.4, -0.2) is 35.6 Å². The van der Waals surface area contributed by atoms with Crippen LogP contribution in [0.3, 0.4) is 0 Å². The number of anilines is 1. The summed E-state index contributed by atoms with van der Waals surface area (Å²) in [5.74, 6) is 1.78. The molecule has 4 heteroatoms. The summed E-state index contributed by atoms with van der Waals surface area (Å²) in [5.41, 5.74) is 2.02. The quantitative estimate of drug-likeness (QED) is 0.904. The van der Waals surface area contributed by atoms with E-state index in [1.807, 2.05) is 13.1 Å². The predicted molar refractivity (Wildman–Crippen MR) is 79.6 cm³/mol. The zero-order chi connectivity index (χ0) is 13.8. The Balaban J connectivity index is 2.16. The van der Waals surface area contributed by atoms with Crippen molar-refractivity contribution in [3.05, 3.63) is 17.6 Å². The van der Waals surface area contributed by atoms with E-state index in [2.05, 4.69) is 36.0 Å². The third-order valence-corrected chi connectivity index (χ3v) is 3.80. The third kappa shape index (κ3) is 3.66. The van der Waals surface area contributed by atoms with Crippen LogP contribution in [0.4, 0.5) is 5.82 Å². The molecule has 2 heterocycles. The lowest BCUT2D eigenvalue weighted by atomic mass is 9.98. The standard InChI is InChI=1S/C15H26N4/c1-11(2)19(10-14-6-5-7-16-9-14)15-13(4)17-8-12(3)18-15/h8,11,14,16H,5-7,9-10H2,1-4H3. The minimum Gasteiger partial charge on any atom is -0.352 e. The molecule has 1 fully saturated rings. The monoisotopic (exact) mass is 262 g/mol. The van der Waals surface area contributed by atoms with E-state index in [4.69, 9.17) is 4.98 Å². The fourth-order valence-corrected chi connectivity index (χ4v) is 2.70. The molecule has 0 saturated carbocycles. The van der Waals surface area contributed by atoms with Gasteiger partial charge in [0.1, 0.15) is 0 Å². The highest BCUT2D eigenvalue weighted by Crippen LogP contribution is 2.21. The minimum absolute atomic E-state index is 0.455. The lowest BCUT2D eigenvalue weighted by molar-refractivity contribution is 0.370. The van der Waals surface area contributed by atoms with Crippen LogP contribution in [0.2, 0.25) is 0 Å². The number of hydrogen-bond acceptors (Lipinski definition) is 4. The Hall–Kier alpha value is -1.16. The molecule has 1 N–H and O–H groups in total. The summed E-state index contributed by atoms with van der Waals surface area (Å²) in [6.45, 7) is 11.9. The Kier molecular flexibility index (Phi) is 4.75. The Labute approximate surface area is 116 Å². The van der Waals surface area contributed by atoms with Crippen LogP contribution in [0.1, 0.15) is 38.1 Å². The molecule has 1 aromatic heterocycles. The van der Waals surface area contributed by atoms with Gasteiger partial charge in [-0.25, -0.2) is 4.98 Å². The van der Waals surface area contributed by atoms with E-state index in [0.29, 0.717) is 6.04 Å². The molecule has 0 amide bonds. The van der Waals surface area contributed by atoms with Crippen LogP contribution in [0.25, 0.3) is 0 Å². The van der Waals surface area contributed by atoms with Crippen LogP contribution < -0.4 is 10.2 Å². The summed E-state index contributed by atoms with van der Waals surface area (Å²) in [6, 6.07) is 0.455. The SMILES string of the molecule is Cc1cnc(C)c(N(CC2CCCNC2)C(C)C)n1. The van der Waals surface area contributed by atoms with Gasteiger partial charge in [0.2, 0.25) is 0 Å². The van der Waals surface area contributed by atoms with Gasteiger partial charge in [-0.15, -0.1) is 0 Å². The zero-order valence-electron chi connectivity index (χ0n) is 12.6. The Morgan fingerprint density at radius 1 is 1.42 bits per heavy atom. The van der Waals surface area contributed by atoms with Crippen molar-refractivity contribution in [2.24, 2.45) is 5.92 Å². The van der Waals surface area contributed by atoms with Gasteiger partial charge >= 0.3 is 0 Å². The number of piperidine rings is 1. The summed E-state index contributed by atoms with van der Waals surface area (Å²) in [5, 5.41) is 3.49. The van der Waals surface area contributed by atoms with E-state index in [1.54, 1.807) is 0 Å². The molecular weight excluding hydrogens is 236 g/mol. The summed E-state index contributed by atoms with van der Waals surface area (Å²) in [4.78, 5) is 11.6. The molecule has 0 bridgehead atoms. The van der Waals surface area contributed by atoms with Crippen LogP contribution in [0.5, 0.6) is 0 Å². The molecule has 1 atom stereocenters. The highest BCUT2D eigenvalue weighted by molar-refractivity contribution is 5.44. The number of nitrogens with zero attached hydrogens (tertiary/aromatic N) is 3. The average Bonchev–Trinajstić information content (AvgIpc) is 2.40. The van der Waals surface area contributed by atoms with Gasteiger partial charge in [-0.3, -0.25) is 4.98 Å². The van der Waals surface area contributed by atoms with Crippen LogP contribution in [0.15, 0.2) is 6.20 Å². The van der Waals surface area contributed by atoms with Crippen molar-refractivity contribution in [3.8, 4) is 0 Å². The number of nitrogens with one attached hydrogen (secondary N) is 1. The fourth-order valence-electron chi connectivity index (χ4n) is 2.70. The minimum atomic E-state index is 0.455. The number of rotatable bonds is 4. The molecule has 1 aromatic rings. The third-order valence-electron chi connectivity index (χ3n) is 3.80. The molecule has 0 aromatic carbocycles. The fraction of sp³-hybridized carbons (Fsp3) is 0.733. The first kappa shape index (κ1) is 14.3. The molecule has 2 rings (SSSR count). The molecule has 19 heavy (non-hydrogen) atoms. The Morgan fingerprint density at radius 3 is 2.84 bits per heavy atom. The maximum absolute atomic E-state index is 4.70. The van der Waals surface area contributed by atoms with E-state index in [0.717, 1.165) is 36.2 Å². The molecule has 1 saturated heterocycles. The molecule has 1 aliphatic heterocycles. The maximum atomic E-state index is 4.70. The second-order valence-electron chi connectivity index (χ2n) is 5.88. The number of aromatic nitrogens is 2. The van der Waals surface area contributed by atoms with Gasteiger partial charge in [0.25, 0.3) is 0 Å². The van der Waals surface area contributed by atoms with Crippen molar-refractivity contribution >= 4 is 5.82 Å². The smallest absolute Gasteiger partial charge is 0.150 e. The van der Waals surface area contributed by atoms with Gasteiger partial charge in [-0.1, -0.05) is 0 Å². The number of hydrogen-bond donors (Lipinski definition) is 1. The number of aryl methyl sites for hydroxylation is 2. The van der Waals surface area contributed by atoms with Crippen LogP contribution in [0, 0.1) is 19.8 Å². The van der Waals surface area contributed by atoms with E-state index >= 15 is 0 Å². The van der Waals surface area contributed by atoms with Crippen molar-refractivity contribution in [3.63, 3.8) is 0 Å². The van der Waals surface area contributed by atoms with Crippen molar-refractivity contribution in [2.45, 2.75) is 46.6 Å². The topological polar surface area (TPSA) is 41.1 Å². The first-order valence-electron chi connectivity index (χ1n) is 7.35. The summed E-state index contributed by atoms with van der Waals surface area (Å²) >= 11 is 0. The average molecular weight is 262 g/mol. The van der Waals surface area contributed by atoms with Gasteiger partial charge in [0, 0.05) is 18.8 Å². The molecule has 1 aliphatic rings. The first-order valence-corrected chi connectivity index (χ1v) is 7.35. The van der Waals surface area contributed by atoms with Gasteiger partial charge in [-0.2, -0.15) is 0 Å². The molecule has 0 spiro atoms. The second kappa shape index (κ2) is 6.33. The normalized spacial score (nSPS) is 19.7. The predicted octanol–water partition coefficient (Wildman–Crippen LogP) is 2.31. The van der Waals surface area contributed by atoms with E-state index in [-0.39, 0.29) is 0 Å². The molecule has 0 radical (unpaired) electrons. The molecule has 0 aliphatic carbocycles. The van der Waals surface area contributed by atoms with Crippen molar-refractivity contribution in [2.75, 3.05) is 24.5 Å². The van der Waals surface area contributed by atoms with Crippen molar-refractivity contribution in [1.29, 1.82) is 0 Å². The van der Waals surface area contributed by atoms with Gasteiger partial charge in [0.15, 0.2) is 5.82 Å². The van der Waals surface area contributed by atoms with Crippen molar-refractivity contribution in [1.82, 2.24) is 15.3 Å². The molecule has 1 unspecified atom stereocenters. The summed E-state index contributed by atoms with van der Waals surface area (Å²) in [6.07, 6.45) is 4.45. The highest BCUT2D eigenvalue weighted by Gasteiger charge is 2.21. The van der Waals surface area contributed by atoms with Gasteiger partial charge in [0.05, 0.1) is 11.4 Å². The van der Waals surface area contributed by atoms with E-state index in [1.165, 1.54) is 19.4 Å². The van der Waals surface area contributed by atoms with E-state index in [9.17, 15) is 0 Å². The summed E-state index contributed by atoms with van der Waals surface area (Å²) < 4.78 is 0. The van der Waals surface area contributed by atoms with Gasteiger partial charge in [-0.05, 0) is 59.5 Å². The molecule has 4 nitrogen and oxygen atoms in total. The second-order valence-corrected chi connectivity index (χ2v) is 5.88. The molecular formula is C15H26N4. The summed E-state index contributed by atoms with van der Waals surface area (Å²) in [7, 11) is 0. The largest absolute Gasteiger partial charge is 0.352 e.